The average Bonchev–Trinajstić information content (AvgIpc) is 2.88. The van der Waals surface area contributed by atoms with Crippen molar-refractivity contribution in [1.29, 1.82) is 0 Å². The van der Waals surface area contributed by atoms with E-state index in [1.54, 1.807) is 24.5 Å². The molecule has 24 heavy (non-hydrogen) atoms. The van der Waals surface area contributed by atoms with Gasteiger partial charge < -0.3 is 5.32 Å². The first-order valence-electron chi connectivity index (χ1n) is 7.90. The normalized spacial score (nSPS) is 10.6. The van der Waals surface area contributed by atoms with Crippen molar-refractivity contribution >= 4 is 5.91 Å². The molecule has 0 aliphatic carbocycles. The molecule has 1 aromatic carbocycles. The summed E-state index contributed by atoms with van der Waals surface area (Å²) in [6.45, 7) is 5.19. The molecule has 3 aromatic rings. The van der Waals surface area contributed by atoms with Gasteiger partial charge >= 0.3 is 0 Å². The van der Waals surface area contributed by atoms with Gasteiger partial charge in [-0.2, -0.15) is 5.10 Å². The van der Waals surface area contributed by atoms with E-state index < -0.39 is 0 Å². The number of nitrogens with zero attached hydrogens (tertiary/aromatic N) is 3. The van der Waals surface area contributed by atoms with Crippen molar-refractivity contribution in [3.63, 3.8) is 0 Å². The summed E-state index contributed by atoms with van der Waals surface area (Å²) in [5.41, 5.74) is 4.83. The fourth-order valence-electron chi connectivity index (χ4n) is 2.67. The SMILES string of the molecule is Cc1nn(Cc2ccccc2)c(C)c1CNC(=O)c1cccnc1. The van der Waals surface area contributed by atoms with Gasteiger partial charge in [-0.05, 0) is 31.5 Å². The molecule has 0 spiro atoms. The lowest BCUT2D eigenvalue weighted by Gasteiger charge is -2.07. The number of carbonyl (C=O) groups is 1. The minimum Gasteiger partial charge on any atom is -0.348 e. The van der Waals surface area contributed by atoms with Crippen LogP contribution in [0.4, 0.5) is 0 Å². The summed E-state index contributed by atoms with van der Waals surface area (Å²) in [5, 5.41) is 7.55. The molecule has 0 bridgehead atoms. The van der Waals surface area contributed by atoms with Crippen molar-refractivity contribution < 1.29 is 4.79 Å². The van der Waals surface area contributed by atoms with Crippen LogP contribution in [0, 0.1) is 13.8 Å². The lowest BCUT2D eigenvalue weighted by atomic mass is 10.2. The number of hydrogen-bond donors (Lipinski definition) is 1. The number of hydrogen-bond acceptors (Lipinski definition) is 3. The van der Waals surface area contributed by atoms with Crippen molar-refractivity contribution in [2.45, 2.75) is 26.9 Å². The Kier molecular flexibility index (Phi) is 4.70. The first kappa shape index (κ1) is 15.9. The van der Waals surface area contributed by atoms with Gasteiger partial charge in [-0.15, -0.1) is 0 Å². The maximum absolute atomic E-state index is 12.2. The molecule has 1 N–H and O–H groups in total. The Balaban J connectivity index is 1.71. The van der Waals surface area contributed by atoms with Gasteiger partial charge in [-0.1, -0.05) is 30.3 Å². The average molecular weight is 320 g/mol. The standard InChI is InChI=1S/C19H20N4O/c1-14-18(12-21-19(24)17-9-6-10-20-11-17)15(2)23(22-14)13-16-7-4-3-5-8-16/h3-11H,12-13H2,1-2H3,(H,21,24). The Morgan fingerprint density at radius 1 is 1.12 bits per heavy atom. The topological polar surface area (TPSA) is 59.8 Å². The fraction of sp³-hybridized carbons (Fsp3) is 0.211. The maximum Gasteiger partial charge on any atom is 0.253 e. The van der Waals surface area contributed by atoms with Crippen LogP contribution in [0.1, 0.15) is 32.9 Å². The number of aromatic nitrogens is 3. The smallest absolute Gasteiger partial charge is 0.253 e. The Morgan fingerprint density at radius 2 is 1.92 bits per heavy atom. The molecule has 0 atom stereocenters. The lowest BCUT2D eigenvalue weighted by Crippen LogP contribution is -2.23. The third kappa shape index (κ3) is 3.51. The van der Waals surface area contributed by atoms with Gasteiger partial charge in [0.15, 0.2) is 0 Å². The second-order valence-electron chi connectivity index (χ2n) is 5.72. The molecule has 2 heterocycles. The minimum absolute atomic E-state index is 0.127. The first-order chi connectivity index (χ1) is 11.6. The van der Waals surface area contributed by atoms with Crippen LogP contribution in [-0.2, 0) is 13.1 Å². The van der Waals surface area contributed by atoms with Crippen molar-refractivity contribution in [3.8, 4) is 0 Å². The second-order valence-corrected chi connectivity index (χ2v) is 5.72. The van der Waals surface area contributed by atoms with E-state index in [1.807, 2.05) is 36.7 Å². The predicted octanol–water partition coefficient (Wildman–Crippen LogP) is 2.87. The highest BCUT2D eigenvalue weighted by Gasteiger charge is 2.13. The Bertz CT molecular complexity index is 825. The van der Waals surface area contributed by atoms with Crippen LogP contribution in [-0.4, -0.2) is 20.7 Å². The zero-order valence-corrected chi connectivity index (χ0v) is 13.9. The van der Waals surface area contributed by atoms with Gasteiger partial charge in [0.2, 0.25) is 0 Å². The lowest BCUT2D eigenvalue weighted by molar-refractivity contribution is 0.0950. The quantitative estimate of drug-likeness (QED) is 0.786. The van der Waals surface area contributed by atoms with E-state index in [9.17, 15) is 4.79 Å². The van der Waals surface area contributed by atoms with Gasteiger partial charge in [-0.3, -0.25) is 14.5 Å². The maximum atomic E-state index is 12.2. The van der Waals surface area contributed by atoms with Gasteiger partial charge in [0.1, 0.15) is 0 Å². The summed E-state index contributed by atoms with van der Waals surface area (Å²) in [5.74, 6) is -0.127. The van der Waals surface area contributed by atoms with Crippen molar-refractivity contribution in [3.05, 3.63) is 82.9 Å². The monoisotopic (exact) mass is 320 g/mol. The molecule has 0 aliphatic heterocycles. The van der Waals surface area contributed by atoms with Crippen molar-refractivity contribution in [2.75, 3.05) is 0 Å². The van der Waals surface area contributed by atoms with Crippen LogP contribution in [0.2, 0.25) is 0 Å². The largest absolute Gasteiger partial charge is 0.348 e. The van der Waals surface area contributed by atoms with E-state index in [0.29, 0.717) is 12.1 Å². The highest BCUT2D eigenvalue weighted by atomic mass is 16.1. The third-order valence-electron chi connectivity index (χ3n) is 4.06. The zero-order chi connectivity index (χ0) is 16.9. The third-order valence-corrected chi connectivity index (χ3v) is 4.06. The molecule has 0 radical (unpaired) electrons. The van der Waals surface area contributed by atoms with Crippen LogP contribution in [0.25, 0.3) is 0 Å². The summed E-state index contributed by atoms with van der Waals surface area (Å²) in [6.07, 6.45) is 3.21. The van der Waals surface area contributed by atoms with Gasteiger partial charge in [0.25, 0.3) is 5.91 Å². The summed E-state index contributed by atoms with van der Waals surface area (Å²) in [7, 11) is 0. The number of rotatable bonds is 5. The number of pyridine rings is 1. The van der Waals surface area contributed by atoms with E-state index in [-0.39, 0.29) is 5.91 Å². The molecule has 0 unspecified atom stereocenters. The number of carbonyl (C=O) groups excluding carboxylic acids is 1. The molecule has 0 aliphatic rings. The molecule has 122 valence electrons. The number of amides is 1. The Hall–Kier alpha value is -2.95. The van der Waals surface area contributed by atoms with Gasteiger partial charge in [0.05, 0.1) is 17.8 Å². The summed E-state index contributed by atoms with van der Waals surface area (Å²) in [6, 6.07) is 13.7. The van der Waals surface area contributed by atoms with Gasteiger partial charge in [0, 0.05) is 30.2 Å². The molecular weight excluding hydrogens is 300 g/mol. The second kappa shape index (κ2) is 7.08. The van der Waals surface area contributed by atoms with Crippen molar-refractivity contribution in [2.24, 2.45) is 0 Å². The predicted molar refractivity (Wildman–Crippen MR) is 92.7 cm³/mol. The van der Waals surface area contributed by atoms with Crippen LogP contribution in [0.15, 0.2) is 54.9 Å². The number of benzene rings is 1. The molecule has 2 aromatic heterocycles. The van der Waals surface area contributed by atoms with E-state index in [0.717, 1.165) is 23.5 Å². The van der Waals surface area contributed by atoms with E-state index in [1.165, 1.54) is 5.56 Å². The zero-order valence-electron chi connectivity index (χ0n) is 13.9. The van der Waals surface area contributed by atoms with Crippen molar-refractivity contribution in [1.82, 2.24) is 20.1 Å². The summed E-state index contributed by atoms with van der Waals surface area (Å²) < 4.78 is 1.98. The van der Waals surface area contributed by atoms with Crippen LogP contribution in [0.5, 0.6) is 0 Å². The highest BCUT2D eigenvalue weighted by molar-refractivity contribution is 5.93. The number of aryl methyl sites for hydroxylation is 1. The minimum atomic E-state index is -0.127. The summed E-state index contributed by atoms with van der Waals surface area (Å²) >= 11 is 0. The Morgan fingerprint density at radius 3 is 2.62 bits per heavy atom. The molecule has 0 saturated carbocycles. The summed E-state index contributed by atoms with van der Waals surface area (Å²) in [4.78, 5) is 16.1. The van der Waals surface area contributed by atoms with E-state index in [2.05, 4.69) is 27.5 Å². The van der Waals surface area contributed by atoms with Gasteiger partial charge in [-0.25, -0.2) is 0 Å². The first-order valence-corrected chi connectivity index (χ1v) is 7.90. The van der Waals surface area contributed by atoms with E-state index in [4.69, 9.17) is 0 Å². The highest BCUT2D eigenvalue weighted by Crippen LogP contribution is 2.15. The molecule has 0 fully saturated rings. The Labute approximate surface area is 141 Å². The van der Waals surface area contributed by atoms with Crippen LogP contribution in [0.3, 0.4) is 0 Å². The van der Waals surface area contributed by atoms with E-state index >= 15 is 0 Å². The fourth-order valence-corrected chi connectivity index (χ4v) is 2.67. The molecular formula is C19H20N4O. The van der Waals surface area contributed by atoms with Crippen LogP contribution >= 0.6 is 0 Å². The molecule has 5 heteroatoms. The molecule has 5 nitrogen and oxygen atoms in total. The molecule has 1 amide bonds. The molecule has 3 rings (SSSR count). The number of nitrogens with one attached hydrogen (secondary N) is 1. The van der Waals surface area contributed by atoms with Crippen LogP contribution < -0.4 is 5.32 Å². The molecule has 0 saturated heterocycles.